The number of nitro groups is 1. The number of fused-ring (bicyclic) bond motifs is 1. The van der Waals surface area contributed by atoms with Crippen LogP contribution in [0.3, 0.4) is 0 Å². The Balaban J connectivity index is 1.74. The molecule has 10 heteroatoms. The van der Waals surface area contributed by atoms with Crippen LogP contribution in [0.1, 0.15) is 5.56 Å². The second-order valence-corrected chi connectivity index (χ2v) is 6.84. The molecule has 0 aliphatic heterocycles. The van der Waals surface area contributed by atoms with Gasteiger partial charge in [0.05, 0.1) is 11.0 Å². The van der Waals surface area contributed by atoms with E-state index >= 15 is 0 Å². The molecule has 4 aromatic rings. The Hall–Kier alpha value is -4.73. The van der Waals surface area contributed by atoms with Crippen LogP contribution in [-0.2, 0) is 6.61 Å². The normalized spacial score (nSPS) is 10.9. The van der Waals surface area contributed by atoms with Crippen molar-refractivity contribution in [3.63, 3.8) is 0 Å². The van der Waals surface area contributed by atoms with Gasteiger partial charge >= 0.3 is 0 Å². The second kappa shape index (κ2) is 7.84. The van der Waals surface area contributed by atoms with Crippen LogP contribution in [-0.4, -0.2) is 25.3 Å². The zero-order chi connectivity index (χ0) is 23.0. The average molecular weight is 437 g/mol. The number of rotatable bonds is 5. The van der Waals surface area contributed by atoms with Gasteiger partial charge < -0.3 is 29.6 Å². The Kier molecular flexibility index (Phi) is 5.03. The minimum absolute atomic E-state index is 0.0620. The summed E-state index contributed by atoms with van der Waals surface area (Å²) >= 11 is 0. The van der Waals surface area contributed by atoms with Crippen molar-refractivity contribution in [1.29, 1.82) is 0 Å². The van der Waals surface area contributed by atoms with Crippen LogP contribution in [0, 0.1) is 10.1 Å². The highest BCUT2D eigenvalue weighted by Crippen LogP contribution is 2.37. The number of nitro benzene ring substituents is 1. The molecule has 0 radical (unpaired) electrons. The molecule has 0 aliphatic rings. The number of benzene rings is 3. The Morgan fingerprint density at radius 2 is 1.72 bits per heavy atom. The van der Waals surface area contributed by atoms with E-state index in [2.05, 4.69) is 0 Å². The summed E-state index contributed by atoms with van der Waals surface area (Å²) in [4.78, 5) is 22.9. The number of phenolic OH excluding ortho intramolecular Hbond substituents is 3. The number of phenols is 3. The standard InChI is InChI=1S/C22H15NO9/c24-15-5-4-12(8-16(15)25)22-21(28)20(27)19-17(26)6-11(7-18(19)32-22)10-31-14-3-1-2-13(9-14)23(29)30/h1-9,24-26,28H,10H2. The van der Waals surface area contributed by atoms with Crippen LogP contribution in [0.25, 0.3) is 22.3 Å². The zero-order valence-corrected chi connectivity index (χ0v) is 16.2. The topological polar surface area (TPSA) is 164 Å². The van der Waals surface area contributed by atoms with Gasteiger partial charge in [-0.1, -0.05) is 6.07 Å². The molecule has 0 fully saturated rings. The van der Waals surface area contributed by atoms with Gasteiger partial charge in [0.15, 0.2) is 17.3 Å². The van der Waals surface area contributed by atoms with Crippen molar-refractivity contribution in [1.82, 2.24) is 0 Å². The van der Waals surface area contributed by atoms with E-state index < -0.39 is 33.4 Å². The lowest BCUT2D eigenvalue weighted by Gasteiger charge is -2.10. The van der Waals surface area contributed by atoms with E-state index in [0.717, 1.165) is 12.1 Å². The summed E-state index contributed by atoms with van der Waals surface area (Å²) < 4.78 is 11.2. The maximum Gasteiger partial charge on any atom is 0.273 e. The van der Waals surface area contributed by atoms with Gasteiger partial charge in [-0.3, -0.25) is 14.9 Å². The molecular weight excluding hydrogens is 422 g/mol. The molecule has 0 saturated heterocycles. The minimum Gasteiger partial charge on any atom is -0.507 e. The van der Waals surface area contributed by atoms with E-state index in [9.17, 15) is 35.3 Å². The van der Waals surface area contributed by atoms with E-state index in [4.69, 9.17) is 9.15 Å². The van der Waals surface area contributed by atoms with E-state index in [-0.39, 0.29) is 40.3 Å². The summed E-state index contributed by atoms with van der Waals surface area (Å²) in [5, 5.41) is 50.4. The molecule has 1 heterocycles. The summed E-state index contributed by atoms with van der Waals surface area (Å²) in [5.74, 6) is -2.15. The van der Waals surface area contributed by atoms with Crippen molar-refractivity contribution < 1.29 is 34.5 Å². The van der Waals surface area contributed by atoms with Crippen LogP contribution in [0.5, 0.6) is 28.7 Å². The van der Waals surface area contributed by atoms with Crippen molar-refractivity contribution in [3.05, 3.63) is 80.5 Å². The summed E-state index contributed by atoms with van der Waals surface area (Å²) in [6, 6.07) is 11.8. The van der Waals surface area contributed by atoms with Gasteiger partial charge in [-0.05, 0) is 42.0 Å². The van der Waals surface area contributed by atoms with Crippen LogP contribution >= 0.6 is 0 Å². The van der Waals surface area contributed by atoms with Crippen LogP contribution in [0.15, 0.2) is 63.8 Å². The quantitative estimate of drug-likeness (QED) is 0.207. The lowest BCUT2D eigenvalue weighted by molar-refractivity contribution is -0.384. The van der Waals surface area contributed by atoms with Gasteiger partial charge in [0.25, 0.3) is 5.69 Å². The first-order valence-corrected chi connectivity index (χ1v) is 9.16. The molecule has 0 aliphatic carbocycles. The zero-order valence-electron chi connectivity index (χ0n) is 16.2. The van der Waals surface area contributed by atoms with Crippen LogP contribution < -0.4 is 10.2 Å². The molecule has 10 nitrogen and oxygen atoms in total. The number of nitrogens with zero attached hydrogens (tertiary/aromatic N) is 1. The Bertz CT molecular complexity index is 1430. The van der Waals surface area contributed by atoms with E-state index in [0.29, 0.717) is 5.56 Å². The van der Waals surface area contributed by atoms with Crippen molar-refractivity contribution in [2.75, 3.05) is 0 Å². The van der Waals surface area contributed by atoms with Gasteiger partial charge in [0.1, 0.15) is 29.1 Å². The number of hydrogen-bond acceptors (Lipinski definition) is 9. The molecule has 4 rings (SSSR count). The molecule has 0 amide bonds. The van der Waals surface area contributed by atoms with Crippen LogP contribution in [0.2, 0.25) is 0 Å². The van der Waals surface area contributed by atoms with Gasteiger partial charge in [-0.25, -0.2) is 0 Å². The first-order chi connectivity index (χ1) is 15.2. The fraction of sp³-hybridized carbons (Fsp3) is 0.0455. The Morgan fingerprint density at radius 3 is 2.44 bits per heavy atom. The summed E-state index contributed by atoms with van der Waals surface area (Å²) in [7, 11) is 0. The van der Waals surface area contributed by atoms with E-state index in [1.807, 2.05) is 0 Å². The highest BCUT2D eigenvalue weighted by atomic mass is 16.6. The second-order valence-electron chi connectivity index (χ2n) is 6.84. The monoisotopic (exact) mass is 437 g/mol. The molecular formula is C22H15NO9. The summed E-state index contributed by atoms with van der Waals surface area (Å²) in [5.41, 5.74) is -0.595. The lowest BCUT2D eigenvalue weighted by atomic mass is 10.1. The number of ether oxygens (including phenoxy) is 1. The maximum absolute atomic E-state index is 12.6. The highest BCUT2D eigenvalue weighted by molar-refractivity contribution is 5.87. The fourth-order valence-corrected chi connectivity index (χ4v) is 3.14. The molecule has 1 aromatic heterocycles. The molecule has 162 valence electrons. The molecule has 3 aromatic carbocycles. The van der Waals surface area contributed by atoms with E-state index in [1.165, 1.54) is 42.5 Å². The average Bonchev–Trinajstić information content (AvgIpc) is 2.76. The molecule has 4 N–H and O–H groups in total. The van der Waals surface area contributed by atoms with Crippen molar-refractivity contribution >= 4 is 16.7 Å². The molecule has 0 spiro atoms. The first-order valence-electron chi connectivity index (χ1n) is 9.16. The summed E-state index contributed by atoms with van der Waals surface area (Å²) in [6.07, 6.45) is 0. The predicted octanol–water partition coefficient (Wildman–Crippen LogP) is 3.77. The number of aromatic hydroxyl groups is 4. The molecule has 0 saturated carbocycles. The summed E-state index contributed by atoms with van der Waals surface area (Å²) in [6.45, 7) is -0.107. The lowest BCUT2D eigenvalue weighted by Crippen LogP contribution is -2.04. The Morgan fingerprint density at radius 1 is 0.938 bits per heavy atom. The maximum atomic E-state index is 12.6. The third-order valence-corrected chi connectivity index (χ3v) is 4.68. The predicted molar refractivity (Wildman–Crippen MR) is 112 cm³/mol. The molecule has 0 unspecified atom stereocenters. The largest absolute Gasteiger partial charge is 0.507 e. The first kappa shape index (κ1) is 20.5. The van der Waals surface area contributed by atoms with Crippen molar-refractivity contribution in [3.8, 4) is 40.1 Å². The van der Waals surface area contributed by atoms with E-state index in [1.54, 1.807) is 0 Å². The van der Waals surface area contributed by atoms with Gasteiger partial charge in [-0.2, -0.15) is 0 Å². The third-order valence-electron chi connectivity index (χ3n) is 4.68. The number of non-ortho nitro benzene ring substituents is 1. The highest BCUT2D eigenvalue weighted by Gasteiger charge is 2.19. The smallest absolute Gasteiger partial charge is 0.273 e. The Labute approximate surface area is 179 Å². The van der Waals surface area contributed by atoms with Gasteiger partial charge in [-0.15, -0.1) is 0 Å². The minimum atomic E-state index is -0.891. The van der Waals surface area contributed by atoms with Crippen LogP contribution in [0.4, 0.5) is 5.69 Å². The fourth-order valence-electron chi connectivity index (χ4n) is 3.14. The van der Waals surface area contributed by atoms with Gasteiger partial charge in [0.2, 0.25) is 11.2 Å². The third kappa shape index (κ3) is 3.72. The van der Waals surface area contributed by atoms with Crippen molar-refractivity contribution in [2.24, 2.45) is 0 Å². The molecule has 32 heavy (non-hydrogen) atoms. The SMILES string of the molecule is O=c1c(O)c(-c2ccc(O)c(O)c2)oc2cc(COc3cccc([N+](=O)[O-])c3)cc(O)c12. The molecule has 0 bridgehead atoms. The number of hydrogen-bond donors (Lipinski definition) is 4. The van der Waals surface area contributed by atoms with Gasteiger partial charge in [0, 0.05) is 11.6 Å². The van der Waals surface area contributed by atoms with Crippen molar-refractivity contribution in [2.45, 2.75) is 6.61 Å². The molecule has 0 atom stereocenters.